The lowest BCUT2D eigenvalue weighted by Gasteiger charge is -2.31. The molecule has 0 atom stereocenters. The molecule has 1 aromatic rings. The molecule has 0 bridgehead atoms. The first-order valence-corrected chi connectivity index (χ1v) is 7.26. The Morgan fingerprint density at radius 1 is 1.33 bits per heavy atom. The molecule has 0 saturated heterocycles. The molecule has 0 radical (unpaired) electrons. The molecule has 0 spiro atoms. The molecule has 1 aromatic carbocycles. The maximum atomic E-state index is 6.09. The van der Waals surface area contributed by atoms with E-state index in [1.54, 1.807) is 0 Å². The minimum absolute atomic E-state index is 0.115. The maximum Gasteiger partial charge on any atom is 0.231 e. The summed E-state index contributed by atoms with van der Waals surface area (Å²) < 4.78 is 12.1. The first-order valence-electron chi connectivity index (χ1n) is 6.47. The van der Waals surface area contributed by atoms with Gasteiger partial charge in [0, 0.05) is 12.0 Å². The number of benzene rings is 1. The molecule has 4 heteroatoms. The number of fused-ring (bicyclic) bond motifs is 1. The van der Waals surface area contributed by atoms with Gasteiger partial charge in [-0.1, -0.05) is 12.8 Å². The number of halogens is 1. The van der Waals surface area contributed by atoms with Crippen LogP contribution in [-0.4, -0.2) is 13.3 Å². The molecule has 2 N–H and O–H groups in total. The Hall–Kier alpha value is -0.740. The lowest BCUT2D eigenvalue weighted by Crippen LogP contribution is -2.33. The first kappa shape index (κ1) is 12.3. The molecule has 2 aliphatic rings. The highest BCUT2D eigenvalue weighted by Gasteiger charge is 2.39. The fraction of sp³-hybridized carbons (Fsp3) is 0.571. The number of aryl methyl sites for hydroxylation is 1. The van der Waals surface area contributed by atoms with Crippen LogP contribution in [0, 0.1) is 6.92 Å². The minimum Gasteiger partial charge on any atom is -0.454 e. The number of rotatable bonds is 2. The normalized spacial score (nSPS) is 20.4. The van der Waals surface area contributed by atoms with Gasteiger partial charge in [-0.15, -0.1) is 0 Å². The summed E-state index contributed by atoms with van der Waals surface area (Å²) in [6.07, 6.45) is 4.86. The van der Waals surface area contributed by atoms with Gasteiger partial charge in [-0.25, -0.2) is 0 Å². The van der Waals surface area contributed by atoms with Crippen LogP contribution in [0.5, 0.6) is 11.5 Å². The highest BCUT2D eigenvalue weighted by molar-refractivity contribution is 9.10. The highest BCUT2D eigenvalue weighted by atomic mass is 79.9. The zero-order chi connectivity index (χ0) is 12.8. The SMILES string of the molecule is Cc1cc2c(c(Br)c1C1(CN)CCCC1)OCO2. The molecule has 0 unspecified atom stereocenters. The van der Waals surface area contributed by atoms with Crippen molar-refractivity contribution in [3.63, 3.8) is 0 Å². The van der Waals surface area contributed by atoms with Crippen molar-refractivity contribution < 1.29 is 9.47 Å². The lowest BCUT2D eigenvalue weighted by atomic mass is 9.77. The van der Waals surface area contributed by atoms with E-state index in [0.29, 0.717) is 13.3 Å². The van der Waals surface area contributed by atoms with Gasteiger partial charge in [0.05, 0.1) is 4.47 Å². The van der Waals surface area contributed by atoms with E-state index in [-0.39, 0.29) is 5.41 Å². The van der Waals surface area contributed by atoms with Crippen molar-refractivity contribution in [1.82, 2.24) is 0 Å². The van der Waals surface area contributed by atoms with Gasteiger partial charge in [-0.05, 0) is 52.9 Å². The standard InChI is InChI=1S/C14H18BrNO2/c1-9-6-10-13(18-8-17-10)12(15)11(9)14(7-16)4-2-3-5-14/h6H,2-5,7-8,16H2,1H3. The fourth-order valence-corrected chi connectivity index (χ4v) is 4.42. The summed E-state index contributed by atoms with van der Waals surface area (Å²) in [6.45, 7) is 3.15. The quantitative estimate of drug-likeness (QED) is 0.911. The third-order valence-corrected chi connectivity index (χ3v) is 5.04. The van der Waals surface area contributed by atoms with Crippen LogP contribution in [0.1, 0.15) is 36.8 Å². The summed E-state index contributed by atoms with van der Waals surface area (Å²) >= 11 is 3.71. The molecule has 1 saturated carbocycles. The monoisotopic (exact) mass is 311 g/mol. The average molecular weight is 312 g/mol. The number of hydrogen-bond acceptors (Lipinski definition) is 3. The second-order valence-corrected chi connectivity index (χ2v) is 6.10. The van der Waals surface area contributed by atoms with Gasteiger partial charge in [0.1, 0.15) is 0 Å². The number of ether oxygens (including phenoxy) is 2. The average Bonchev–Trinajstić information content (AvgIpc) is 2.98. The smallest absolute Gasteiger partial charge is 0.231 e. The molecule has 18 heavy (non-hydrogen) atoms. The zero-order valence-corrected chi connectivity index (χ0v) is 12.2. The van der Waals surface area contributed by atoms with Crippen molar-refractivity contribution in [1.29, 1.82) is 0 Å². The Bertz CT molecular complexity index is 481. The predicted molar refractivity (Wildman–Crippen MR) is 74.2 cm³/mol. The number of hydrogen-bond donors (Lipinski definition) is 1. The molecule has 3 rings (SSSR count). The summed E-state index contributed by atoms with van der Waals surface area (Å²) in [4.78, 5) is 0. The summed E-state index contributed by atoms with van der Waals surface area (Å²) in [6, 6.07) is 2.08. The van der Waals surface area contributed by atoms with E-state index in [2.05, 4.69) is 28.9 Å². The molecule has 0 aromatic heterocycles. The van der Waals surface area contributed by atoms with Crippen LogP contribution in [0.3, 0.4) is 0 Å². The van der Waals surface area contributed by atoms with Gasteiger partial charge in [-0.2, -0.15) is 0 Å². The molecule has 1 aliphatic heterocycles. The van der Waals surface area contributed by atoms with Crippen molar-refractivity contribution in [2.45, 2.75) is 38.0 Å². The van der Waals surface area contributed by atoms with Crippen LogP contribution in [0.4, 0.5) is 0 Å². The van der Waals surface area contributed by atoms with Gasteiger partial charge < -0.3 is 15.2 Å². The summed E-state index contributed by atoms with van der Waals surface area (Å²) in [5.74, 6) is 1.68. The Balaban J connectivity index is 2.17. The summed E-state index contributed by atoms with van der Waals surface area (Å²) in [7, 11) is 0. The van der Waals surface area contributed by atoms with Gasteiger partial charge >= 0.3 is 0 Å². The maximum absolute atomic E-state index is 6.09. The zero-order valence-electron chi connectivity index (χ0n) is 10.6. The number of nitrogens with two attached hydrogens (primary N) is 1. The second-order valence-electron chi connectivity index (χ2n) is 5.31. The summed E-state index contributed by atoms with van der Waals surface area (Å²) in [5, 5.41) is 0. The molecule has 1 aliphatic carbocycles. The van der Waals surface area contributed by atoms with Crippen LogP contribution in [0.25, 0.3) is 0 Å². The van der Waals surface area contributed by atoms with Crippen LogP contribution in [-0.2, 0) is 5.41 Å². The second kappa shape index (κ2) is 4.42. The van der Waals surface area contributed by atoms with Crippen molar-refractivity contribution >= 4 is 15.9 Å². The van der Waals surface area contributed by atoms with Gasteiger partial charge in [-0.3, -0.25) is 0 Å². The first-order chi connectivity index (χ1) is 8.68. The van der Waals surface area contributed by atoms with E-state index in [0.717, 1.165) is 16.0 Å². The van der Waals surface area contributed by atoms with Crippen molar-refractivity contribution in [2.75, 3.05) is 13.3 Å². The molecule has 98 valence electrons. The van der Waals surface area contributed by atoms with Crippen molar-refractivity contribution in [2.24, 2.45) is 5.73 Å². The van der Waals surface area contributed by atoms with Gasteiger partial charge in [0.2, 0.25) is 6.79 Å². The van der Waals surface area contributed by atoms with Gasteiger partial charge in [0.25, 0.3) is 0 Å². The molecule has 0 amide bonds. The molecule has 1 heterocycles. The third kappa shape index (κ3) is 1.66. The lowest BCUT2D eigenvalue weighted by molar-refractivity contribution is 0.173. The highest BCUT2D eigenvalue weighted by Crippen LogP contribution is 2.51. The Morgan fingerprint density at radius 2 is 2.06 bits per heavy atom. The van der Waals surface area contributed by atoms with E-state index < -0.39 is 0 Å². The molecular formula is C14H18BrNO2. The molecular weight excluding hydrogens is 294 g/mol. The van der Waals surface area contributed by atoms with Crippen LogP contribution >= 0.6 is 15.9 Å². The molecule has 1 fully saturated rings. The van der Waals surface area contributed by atoms with Crippen LogP contribution in [0.2, 0.25) is 0 Å². The molecule has 3 nitrogen and oxygen atoms in total. The van der Waals surface area contributed by atoms with E-state index in [4.69, 9.17) is 15.2 Å². The Labute approximate surface area is 116 Å². The summed E-state index contributed by atoms with van der Waals surface area (Å²) in [5.41, 5.74) is 8.78. The van der Waals surface area contributed by atoms with Crippen molar-refractivity contribution in [3.05, 3.63) is 21.7 Å². The largest absolute Gasteiger partial charge is 0.454 e. The van der Waals surface area contributed by atoms with E-state index in [9.17, 15) is 0 Å². The topological polar surface area (TPSA) is 44.5 Å². The third-order valence-electron chi connectivity index (χ3n) is 4.28. The van der Waals surface area contributed by atoms with Crippen LogP contribution in [0.15, 0.2) is 10.5 Å². The fourth-order valence-electron chi connectivity index (χ4n) is 3.38. The minimum atomic E-state index is 0.115. The van der Waals surface area contributed by atoms with E-state index in [1.807, 2.05) is 0 Å². The predicted octanol–water partition coefficient (Wildman–Crippen LogP) is 3.26. The van der Waals surface area contributed by atoms with Crippen molar-refractivity contribution in [3.8, 4) is 11.5 Å². The Kier molecular flexibility index (Phi) is 3.02. The van der Waals surface area contributed by atoms with Crippen LogP contribution < -0.4 is 15.2 Å². The van der Waals surface area contributed by atoms with Gasteiger partial charge in [0.15, 0.2) is 11.5 Å². The Morgan fingerprint density at radius 3 is 2.72 bits per heavy atom. The van der Waals surface area contributed by atoms with E-state index >= 15 is 0 Å². The van der Waals surface area contributed by atoms with E-state index in [1.165, 1.54) is 36.8 Å².